The number of carboxylic acid groups (broad SMARTS) is 1. The molecule has 35 nitrogen and oxygen atoms in total. The van der Waals surface area contributed by atoms with Crippen molar-refractivity contribution in [3.8, 4) is 57.1 Å². The van der Waals surface area contributed by atoms with Gasteiger partial charge in [0.15, 0.2) is 29.9 Å². The number of ether oxygens (including phenoxy) is 7. The molecule has 7 heterocycles. The fourth-order valence-electron chi connectivity index (χ4n) is 13.3. The number of primary amides is 1. The van der Waals surface area contributed by atoms with E-state index in [0.29, 0.717) is 5.56 Å². The molecule has 0 aromatic heterocycles. The van der Waals surface area contributed by atoms with Crippen molar-refractivity contribution in [2.75, 3.05) is 6.61 Å². The number of carbonyl (C=O) groups excluding carboxylic acids is 8. The summed E-state index contributed by atoms with van der Waals surface area (Å²) >= 11 is 14.2. The first-order chi connectivity index (χ1) is 52.1. The van der Waals surface area contributed by atoms with Crippen molar-refractivity contribution in [1.29, 1.82) is 0 Å². The molecule has 586 valence electrons. The largest absolute Gasteiger partial charge is 0.508 e. The van der Waals surface area contributed by atoms with E-state index in [0.717, 1.165) is 78.9 Å². The van der Waals surface area contributed by atoms with Crippen LogP contribution in [0.3, 0.4) is 0 Å². The molecule has 8 amide bonds. The zero-order valence-electron chi connectivity index (χ0n) is 58.7. The highest BCUT2D eigenvalue weighted by Gasteiger charge is 2.52. The number of benzene rings is 6. The highest BCUT2D eigenvalue weighted by molar-refractivity contribution is 6.32. The summed E-state index contributed by atoms with van der Waals surface area (Å²) in [5, 5.41) is 131. The van der Waals surface area contributed by atoms with Gasteiger partial charge in [0.2, 0.25) is 53.4 Å². The van der Waals surface area contributed by atoms with Crippen molar-refractivity contribution in [2.45, 2.75) is 163 Å². The van der Waals surface area contributed by atoms with Crippen LogP contribution in [0.25, 0.3) is 11.1 Å². The quantitative estimate of drug-likeness (QED) is 0.0697. The fourth-order valence-corrected chi connectivity index (χ4v) is 13.7. The molecule has 7 aliphatic rings. The van der Waals surface area contributed by atoms with Crippen molar-refractivity contribution in [3.05, 3.63) is 153 Å². The van der Waals surface area contributed by atoms with E-state index in [1.54, 1.807) is 44.2 Å². The van der Waals surface area contributed by atoms with Crippen molar-refractivity contribution < 1.29 is 127 Å². The molecular weight excluding hydrogens is 1490 g/mol. The van der Waals surface area contributed by atoms with Crippen LogP contribution in [-0.4, -0.2) is 190 Å². The number of carbonyl (C=O) groups is 9. The number of aliphatic hydroxyl groups is 6. The zero-order chi connectivity index (χ0) is 79.6. The predicted molar refractivity (Wildman–Crippen MR) is 380 cm³/mol. The Kier molecular flexibility index (Phi) is 24.3. The third kappa shape index (κ3) is 17.6. The molecule has 21 N–H and O–H groups in total. The Balaban J connectivity index is 1.12. The lowest BCUT2D eigenvalue weighted by Crippen LogP contribution is -2.64. The molecule has 3 unspecified atom stereocenters. The average molecular weight is 1570 g/mol. The molecule has 2 fully saturated rings. The summed E-state index contributed by atoms with van der Waals surface area (Å²) in [6.45, 7) is 5.16. The van der Waals surface area contributed by atoms with E-state index < -0.39 is 254 Å². The molecular formula is C73H79Cl2N9O26. The number of hydrogen-bond donors (Lipinski definition) is 19. The van der Waals surface area contributed by atoms with Crippen LogP contribution in [0.2, 0.25) is 10.0 Å². The molecule has 2 saturated heterocycles. The molecule has 11 bridgehead atoms. The lowest BCUT2D eigenvalue weighted by atomic mass is 9.86. The van der Waals surface area contributed by atoms with E-state index in [1.165, 1.54) is 13.8 Å². The standard InChI is InChI=1S/C73H79Cl2N9O26/c1-28(2)16-40(79-72(103)104-27-30-8-6-5-7-9-30)64(95)83-55-57(90)32-11-14-44(38(74)18-32)106-46-20-34-21-47(61(46)110-71-62(60(93)59(92)48(26-85)108-71)109-50-25-73(4,77)63(94)29(3)105-50)107-45-15-12-33(19-39(45)75)58(91)56-69(100)82-54(70(101)102)37-22-35(86)23-43(88)51(37)36-17-31(10-13-42(36)87)52(66(97)84-56)81-67(98)53(34)80-65(96)41(24-49(76)89)78-68(55)99/h5-15,17-23,28-29,40-41,48,50,52-60,62-63,71,85-88,90-94H,16,24-27,77H2,1-4H3,(H2,76,89)(H,78,99)(H,79,103)(H,80,96)(H,81,98)(H,82,100)(H,83,95)(H,84,97)(H,101,102)/t29-,40-,41-,48+,50-,52+,53+,54-,55+,56?,57+,58+,59+,60-,62?,63+,71?,73-/m0/s1. The van der Waals surface area contributed by atoms with Crippen LogP contribution in [0.15, 0.2) is 109 Å². The van der Waals surface area contributed by atoms with Gasteiger partial charge in [0.25, 0.3) is 0 Å². The van der Waals surface area contributed by atoms with Gasteiger partial charge < -0.3 is 133 Å². The zero-order valence-corrected chi connectivity index (χ0v) is 60.2. The molecule has 6 aromatic carbocycles. The Morgan fingerprint density at radius 1 is 0.691 bits per heavy atom. The third-order valence-corrected chi connectivity index (χ3v) is 19.5. The molecule has 110 heavy (non-hydrogen) atoms. The van der Waals surface area contributed by atoms with Crippen LogP contribution in [0.5, 0.6) is 46.0 Å². The summed E-state index contributed by atoms with van der Waals surface area (Å²) in [5.74, 6) is -17.1. The number of amides is 8. The summed E-state index contributed by atoms with van der Waals surface area (Å²) in [5.41, 5.74) is 8.40. The second-order valence-corrected chi connectivity index (χ2v) is 28.4. The lowest BCUT2D eigenvalue weighted by molar-refractivity contribution is -0.333. The van der Waals surface area contributed by atoms with Crippen LogP contribution >= 0.6 is 23.2 Å². The Labute approximate surface area is 635 Å². The summed E-state index contributed by atoms with van der Waals surface area (Å²) in [6, 6.07) is 6.55. The van der Waals surface area contributed by atoms with Gasteiger partial charge in [-0.3, -0.25) is 33.6 Å². The second-order valence-electron chi connectivity index (χ2n) is 27.6. The van der Waals surface area contributed by atoms with Gasteiger partial charge in [-0.1, -0.05) is 85.6 Å². The minimum Gasteiger partial charge on any atom is -0.508 e. The highest BCUT2D eigenvalue weighted by atomic mass is 35.5. The Morgan fingerprint density at radius 2 is 1.31 bits per heavy atom. The maximum atomic E-state index is 16.1. The Bertz CT molecular complexity index is 4560. The number of phenolic OH excluding ortho intramolecular Hbond substituents is 3. The van der Waals surface area contributed by atoms with E-state index >= 15 is 19.2 Å². The number of fused-ring (bicyclic) bond motifs is 15. The molecule has 6 aromatic rings. The molecule has 13 rings (SSSR count). The van der Waals surface area contributed by atoms with Gasteiger partial charge in [0.1, 0.15) is 102 Å². The number of halogens is 2. The van der Waals surface area contributed by atoms with Gasteiger partial charge in [-0.25, -0.2) is 9.59 Å². The maximum Gasteiger partial charge on any atom is 0.408 e. The van der Waals surface area contributed by atoms with Gasteiger partial charge in [0.05, 0.1) is 35.3 Å². The van der Waals surface area contributed by atoms with Crippen molar-refractivity contribution in [1.82, 2.24) is 37.2 Å². The molecule has 7 aliphatic heterocycles. The number of aromatic hydroxyl groups is 3. The molecule has 18 atom stereocenters. The summed E-state index contributed by atoms with van der Waals surface area (Å²) < 4.78 is 43.8. The first-order valence-corrected chi connectivity index (χ1v) is 35.1. The summed E-state index contributed by atoms with van der Waals surface area (Å²) in [7, 11) is 0. The SMILES string of the molecule is CC(C)C[C@H](NC(=O)OCc1ccccc1)C(=O)N[C@H]1C(=O)N[C@@H](CC(N)=O)C(=O)N[C@H]2C(=O)N[C@H]3C(=O)NC(C(=O)N[C@H](C(=O)O)c4cc(O)cc(O)c4-c4cc3ccc4O)[C@H](O)c3ccc(c(Cl)c3)Oc3cc2cc(c3OC2O[C@H](CO)[C@@H](O)[C@H](O)C2O[C@H]2C[C@](C)(N)[C@H](O)[C@H](C)O2)Oc2ccc(cc2Cl)[C@H]1O. The molecule has 0 radical (unpaired) electrons. The van der Waals surface area contributed by atoms with Crippen molar-refractivity contribution in [3.63, 3.8) is 0 Å². The van der Waals surface area contributed by atoms with Gasteiger partial charge in [-0.2, -0.15) is 0 Å². The van der Waals surface area contributed by atoms with E-state index in [-0.39, 0.29) is 42.1 Å². The number of nitrogens with two attached hydrogens (primary N) is 2. The average Bonchev–Trinajstić information content (AvgIpc) is 0.764. The number of nitrogens with one attached hydrogen (secondary N) is 7. The number of hydrogen-bond acceptors (Lipinski definition) is 26. The van der Waals surface area contributed by atoms with Gasteiger partial charge in [-0.15, -0.1) is 0 Å². The minimum atomic E-state index is -2.40. The van der Waals surface area contributed by atoms with Crippen molar-refractivity contribution in [2.24, 2.45) is 17.4 Å². The normalized spacial score (nSPS) is 27.9. The van der Waals surface area contributed by atoms with Crippen LogP contribution in [-0.2, 0) is 63.9 Å². The number of carboxylic acids is 1. The number of alkyl carbamates (subject to hydrolysis) is 1. The molecule has 0 aliphatic carbocycles. The Morgan fingerprint density at radius 3 is 1.92 bits per heavy atom. The fraction of sp³-hybridized carbons (Fsp3) is 0.384. The number of aliphatic carboxylic acids is 1. The number of rotatable bonds is 15. The topological polar surface area (TPSA) is 557 Å². The van der Waals surface area contributed by atoms with E-state index in [4.69, 9.17) is 67.8 Å². The van der Waals surface area contributed by atoms with Crippen LogP contribution in [0.4, 0.5) is 4.79 Å². The second kappa shape index (κ2) is 33.3. The van der Waals surface area contributed by atoms with Gasteiger partial charge in [-0.05, 0) is 109 Å². The first kappa shape index (κ1) is 80.3. The highest BCUT2D eigenvalue weighted by Crippen LogP contribution is 2.50. The number of phenols is 3. The minimum absolute atomic E-state index is 0.106. The Hall–Kier alpha value is -10.7. The van der Waals surface area contributed by atoms with Crippen LogP contribution < -0.4 is 62.9 Å². The lowest BCUT2D eigenvalue weighted by Gasteiger charge is -2.47. The van der Waals surface area contributed by atoms with E-state index in [9.17, 15) is 75.0 Å². The summed E-state index contributed by atoms with van der Waals surface area (Å²) in [4.78, 5) is 132. The molecule has 0 saturated carbocycles. The molecule has 37 heteroatoms. The predicted octanol–water partition coefficient (Wildman–Crippen LogP) is 1.81. The van der Waals surface area contributed by atoms with Crippen LogP contribution in [0.1, 0.15) is 111 Å². The van der Waals surface area contributed by atoms with Crippen molar-refractivity contribution >= 4 is 76.6 Å². The van der Waals surface area contributed by atoms with Gasteiger partial charge >= 0.3 is 12.1 Å². The van der Waals surface area contributed by atoms with E-state index in [2.05, 4.69) is 37.2 Å². The molecule has 0 spiro atoms. The van der Waals surface area contributed by atoms with Crippen LogP contribution in [0, 0.1) is 5.92 Å². The smallest absolute Gasteiger partial charge is 0.408 e. The third-order valence-electron chi connectivity index (χ3n) is 18.9. The summed E-state index contributed by atoms with van der Waals surface area (Å²) in [6.07, 6.45) is -20.4. The maximum absolute atomic E-state index is 16.1. The van der Waals surface area contributed by atoms with E-state index in [1.807, 2.05) is 0 Å². The number of aliphatic hydroxyl groups excluding tert-OH is 6. The monoisotopic (exact) mass is 1570 g/mol. The van der Waals surface area contributed by atoms with Gasteiger partial charge in [0, 0.05) is 34.7 Å². The first-order valence-electron chi connectivity index (χ1n) is 34.3.